The van der Waals surface area contributed by atoms with E-state index in [2.05, 4.69) is 22.9 Å². The largest absolute Gasteiger partial charge is 0.462 e. The molecule has 5 fully saturated rings. The Morgan fingerprint density at radius 3 is 2.83 bits per heavy atom. The van der Waals surface area contributed by atoms with Crippen molar-refractivity contribution in [1.29, 1.82) is 0 Å². The summed E-state index contributed by atoms with van der Waals surface area (Å²) in [7, 11) is 0. The van der Waals surface area contributed by atoms with Gasteiger partial charge in [0.05, 0.1) is 18.1 Å². The fourth-order valence-electron chi connectivity index (χ4n) is 7.51. The molecule has 0 N–H and O–H groups in total. The highest BCUT2D eigenvalue weighted by Gasteiger charge is 2.65. The molecule has 0 radical (unpaired) electrons. The van der Waals surface area contributed by atoms with Gasteiger partial charge in [0.15, 0.2) is 0 Å². The number of pyridine rings is 1. The highest BCUT2D eigenvalue weighted by molar-refractivity contribution is 5.75. The van der Waals surface area contributed by atoms with Crippen molar-refractivity contribution >= 4 is 5.97 Å². The molecule has 3 saturated heterocycles. The first kappa shape index (κ1) is 19.2. The van der Waals surface area contributed by atoms with Gasteiger partial charge < -0.3 is 14.4 Å². The van der Waals surface area contributed by atoms with Crippen molar-refractivity contribution in [2.45, 2.75) is 69.5 Å². The van der Waals surface area contributed by atoms with Gasteiger partial charge in [0, 0.05) is 24.9 Å². The highest BCUT2D eigenvalue weighted by atomic mass is 16.6. The molecule has 30 heavy (non-hydrogen) atoms. The standard InChI is InChI=1S/C25H34N2O3/c1-24-7-3-8-25(16-29-25)22(24)12-19-20(23(28)30-21(19)13-24)15-27-10-5-17(6-11-27)18-4-2-9-26-14-18/h2,4,9,14,17,19-22H,3,5-8,10-13,15-16H2,1H3/t19-,20+,21+,22+,24+,25-/m0/s1. The molecule has 5 heteroatoms. The minimum Gasteiger partial charge on any atom is -0.462 e. The van der Waals surface area contributed by atoms with Crippen LogP contribution >= 0.6 is 0 Å². The second-order valence-corrected chi connectivity index (χ2v) is 11.0. The Balaban J connectivity index is 1.12. The summed E-state index contributed by atoms with van der Waals surface area (Å²) in [6.45, 7) is 6.37. The molecule has 1 spiro atoms. The minimum absolute atomic E-state index is 0.0484. The van der Waals surface area contributed by atoms with E-state index >= 15 is 0 Å². The molecular formula is C25H34N2O3. The fourth-order valence-corrected chi connectivity index (χ4v) is 7.51. The van der Waals surface area contributed by atoms with Crippen molar-refractivity contribution in [1.82, 2.24) is 9.88 Å². The van der Waals surface area contributed by atoms with Crippen LogP contribution in [0.5, 0.6) is 0 Å². The van der Waals surface area contributed by atoms with Gasteiger partial charge >= 0.3 is 5.97 Å². The minimum atomic E-state index is 0.0484. The van der Waals surface area contributed by atoms with Gasteiger partial charge in [0.2, 0.25) is 0 Å². The molecule has 4 heterocycles. The molecule has 6 atom stereocenters. The number of hydrogen-bond donors (Lipinski definition) is 0. The number of carbonyl (C=O) groups is 1. The maximum absolute atomic E-state index is 12.9. The van der Waals surface area contributed by atoms with Gasteiger partial charge in [-0.1, -0.05) is 13.0 Å². The molecule has 0 amide bonds. The predicted molar refractivity (Wildman–Crippen MR) is 113 cm³/mol. The average molecular weight is 411 g/mol. The SMILES string of the molecule is C[C@]12CCC[C@]3(CO3)[C@@H]1C[C@@H]1[C@@H](C2)OC(=O)[C@@H]1CN1CCC(c2cccnc2)CC1. The summed E-state index contributed by atoms with van der Waals surface area (Å²) in [5, 5.41) is 0. The third kappa shape index (κ3) is 3.12. The lowest BCUT2D eigenvalue weighted by molar-refractivity contribution is -0.147. The second-order valence-electron chi connectivity index (χ2n) is 11.0. The van der Waals surface area contributed by atoms with Gasteiger partial charge in [0.1, 0.15) is 6.10 Å². The lowest BCUT2D eigenvalue weighted by atomic mass is 9.53. The number of fused-ring (bicyclic) bond motifs is 3. The number of rotatable bonds is 3. The van der Waals surface area contributed by atoms with E-state index in [1.54, 1.807) is 0 Å². The summed E-state index contributed by atoms with van der Waals surface area (Å²) in [5.41, 5.74) is 1.78. The van der Waals surface area contributed by atoms with Gasteiger partial charge in [-0.3, -0.25) is 9.78 Å². The summed E-state index contributed by atoms with van der Waals surface area (Å²) in [4.78, 5) is 19.7. The smallest absolute Gasteiger partial charge is 0.310 e. The number of ether oxygens (including phenoxy) is 2. The first-order valence-electron chi connectivity index (χ1n) is 12.0. The lowest BCUT2D eigenvalue weighted by Crippen LogP contribution is -2.51. The monoisotopic (exact) mass is 410 g/mol. The first-order chi connectivity index (χ1) is 14.6. The van der Waals surface area contributed by atoms with E-state index in [1.165, 1.54) is 24.8 Å². The van der Waals surface area contributed by atoms with Crippen LogP contribution in [-0.2, 0) is 14.3 Å². The van der Waals surface area contributed by atoms with Gasteiger partial charge in [-0.2, -0.15) is 0 Å². The predicted octanol–water partition coefficient (Wildman–Crippen LogP) is 3.79. The Bertz CT molecular complexity index is 802. The number of piperidine rings is 1. The molecule has 162 valence electrons. The molecule has 5 aliphatic rings. The number of carbonyl (C=O) groups excluding carboxylic acids is 1. The average Bonchev–Trinajstić information content (AvgIpc) is 3.46. The van der Waals surface area contributed by atoms with Gasteiger partial charge in [-0.05, 0) is 86.9 Å². The first-order valence-corrected chi connectivity index (χ1v) is 12.0. The molecule has 0 unspecified atom stereocenters. The number of aromatic nitrogens is 1. The van der Waals surface area contributed by atoms with Crippen molar-refractivity contribution in [3.63, 3.8) is 0 Å². The fraction of sp³-hybridized carbons (Fsp3) is 0.760. The molecule has 5 nitrogen and oxygen atoms in total. The van der Waals surface area contributed by atoms with Crippen LogP contribution in [0.2, 0.25) is 0 Å². The van der Waals surface area contributed by atoms with Gasteiger partial charge in [-0.25, -0.2) is 0 Å². The maximum atomic E-state index is 12.9. The van der Waals surface area contributed by atoms with E-state index in [9.17, 15) is 4.79 Å². The van der Waals surface area contributed by atoms with Crippen LogP contribution in [0.4, 0.5) is 0 Å². The van der Waals surface area contributed by atoms with Gasteiger partial charge in [0.25, 0.3) is 0 Å². The zero-order valence-corrected chi connectivity index (χ0v) is 18.1. The van der Waals surface area contributed by atoms with Crippen LogP contribution in [0.1, 0.15) is 63.4 Å². The number of esters is 1. The number of epoxide rings is 1. The van der Waals surface area contributed by atoms with E-state index in [0.29, 0.717) is 17.8 Å². The molecule has 0 bridgehead atoms. The summed E-state index contributed by atoms with van der Waals surface area (Å²) >= 11 is 0. The second kappa shape index (κ2) is 7.03. The van der Waals surface area contributed by atoms with Crippen molar-refractivity contribution in [2.24, 2.45) is 23.2 Å². The zero-order chi connectivity index (χ0) is 20.3. The van der Waals surface area contributed by atoms with Gasteiger partial charge in [-0.15, -0.1) is 0 Å². The van der Waals surface area contributed by atoms with Crippen molar-refractivity contribution in [3.8, 4) is 0 Å². The van der Waals surface area contributed by atoms with Crippen LogP contribution in [0.15, 0.2) is 24.5 Å². The number of hydrogen-bond acceptors (Lipinski definition) is 5. The van der Waals surface area contributed by atoms with Crippen molar-refractivity contribution in [2.75, 3.05) is 26.2 Å². The Kier molecular flexibility index (Phi) is 4.51. The lowest BCUT2D eigenvalue weighted by Gasteiger charge is -2.51. The maximum Gasteiger partial charge on any atom is 0.310 e. The van der Waals surface area contributed by atoms with E-state index in [-0.39, 0.29) is 29.0 Å². The van der Waals surface area contributed by atoms with Crippen LogP contribution in [-0.4, -0.2) is 53.8 Å². The Labute approximate surface area is 179 Å². The van der Waals surface area contributed by atoms with Crippen LogP contribution < -0.4 is 0 Å². The molecule has 2 saturated carbocycles. The zero-order valence-electron chi connectivity index (χ0n) is 18.1. The van der Waals surface area contributed by atoms with Crippen molar-refractivity contribution in [3.05, 3.63) is 30.1 Å². The summed E-state index contributed by atoms with van der Waals surface area (Å²) in [6.07, 6.45) is 12.2. The summed E-state index contributed by atoms with van der Waals surface area (Å²) in [6, 6.07) is 4.24. The van der Waals surface area contributed by atoms with Crippen LogP contribution in [0, 0.1) is 23.2 Å². The molecule has 1 aromatic heterocycles. The quantitative estimate of drug-likeness (QED) is 0.561. The van der Waals surface area contributed by atoms with E-state index in [0.717, 1.165) is 51.9 Å². The molecule has 1 aromatic rings. The Hall–Kier alpha value is -1.46. The summed E-state index contributed by atoms with van der Waals surface area (Å²) < 4.78 is 12.0. The van der Waals surface area contributed by atoms with E-state index < -0.39 is 0 Å². The molecular weight excluding hydrogens is 376 g/mol. The number of likely N-dealkylation sites (tertiary alicyclic amines) is 1. The topological polar surface area (TPSA) is 55.0 Å². The molecule has 3 aliphatic heterocycles. The van der Waals surface area contributed by atoms with E-state index in [1.807, 2.05) is 18.5 Å². The molecule has 0 aromatic carbocycles. The highest BCUT2D eigenvalue weighted by Crippen LogP contribution is 2.62. The Morgan fingerprint density at radius 2 is 2.10 bits per heavy atom. The Morgan fingerprint density at radius 1 is 1.27 bits per heavy atom. The van der Waals surface area contributed by atoms with Crippen LogP contribution in [0.3, 0.4) is 0 Å². The molecule has 6 rings (SSSR count). The molecule has 2 aliphatic carbocycles. The van der Waals surface area contributed by atoms with Crippen molar-refractivity contribution < 1.29 is 14.3 Å². The normalized spacial score (nSPS) is 43.8. The number of nitrogens with zero attached hydrogens (tertiary/aromatic N) is 2. The third-order valence-electron chi connectivity index (χ3n) is 9.28. The summed E-state index contributed by atoms with van der Waals surface area (Å²) in [5.74, 6) is 1.70. The van der Waals surface area contributed by atoms with Crippen LogP contribution in [0.25, 0.3) is 0 Å². The third-order valence-corrected chi connectivity index (χ3v) is 9.28. The van der Waals surface area contributed by atoms with E-state index in [4.69, 9.17) is 9.47 Å².